The lowest BCUT2D eigenvalue weighted by atomic mass is 10.1. The predicted molar refractivity (Wildman–Crippen MR) is 96.7 cm³/mol. The second-order valence-electron chi connectivity index (χ2n) is 5.89. The summed E-state index contributed by atoms with van der Waals surface area (Å²) in [7, 11) is 0. The molecule has 0 unspecified atom stereocenters. The number of benzene rings is 2. The minimum Gasteiger partial charge on any atom is -0.323 e. The number of halogens is 3. The molecule has 7 heteroatoms. The highest BCUT2D eigenvalue weighted by Gasteiger charge is 2.17. The van der Waals surface area contributed by atoms with Crippen LogP contribution in [0.3, 0.4) is 0 Å². The Morgan fingerprint density at radius 1 is 1.15 bits per heavy atom. The van der Waals surface area contributed by atoms with E-state index < -0.39 is 17.5 Å². The van der Waals surface area contributed by atoms with E-state index in [2.05, 4.69) is 10.4 Å². The molecule has 0 fully saturated rings. The van der Waals surface area contributed by atoms with E-state index in [1.165, 1.54) is 0 Å². The average molecular weight is 376 g/mol. The molecule has 0 aliphatic rings. The highest BCUT2D eigenvalue weighted by Crippen LogP contribution is 2.21. The second-order valence-corrected chi connectivity index (χ2v) is 6.32. The first kappa shape index (κ1) is 18.1. The number of carbonyl (C=O) groups excluding carboxylic acids is 1. The molecule has 3 aromatic rings. The van der Waals surface area contributed by atoms with E-state index in [1.54, 1.807) is 23.7 Å². The summed E-state index contributed by atoms with van der Waals surface area (Å²) >= 11 is 5.91. The quantitative estimate of drug-likeness (QED) is 0.724. The van der Waals surface area contributed by atoms with E-state index in [4.69, 9.17) is 11.6 Å². The van der Waals surface area contributed by atoms with E-state index in [-0.39, 0.29) is 12.1 Å². The van der Waals surface area contributed by atoms with Gasteiger partial charge in [0.15, 0.2) is 0 Å². The summed E-state index contributed by atoms with van der Waals surface area (Å²) in [6.45, 7) is 3.64. The fraction of sp³-hybridized carbons (Fsp3) is 0.158. The number of rotatable bonds is 4. The SMILES string of the molecule is Cc1nn(-c2ccc(Cl)cc2)c(C)c1CC(=O)Nc1cc(F)ccc1F. The van der Waals surface area contributed by atoms with Gasteiger partial charge in [0.1, 0.15) is 11.6 Å². The molecule has 2 aromatic carbocycles. The maximum Gasteiger partial charge on any atom is 0.229 e. The van der Waals surface area contributed by atoms with Gasteiger partial charge in [0.25, 0.3) is 0 Å². The van der Waals surface area contributed by atoms with Crippen molar-refractivity contribution in [3.63, 3.8) is 0 Å². The van der Waals surface area contributed by atoms with Gasteiger partial charge in [-0.3, -0.25) is 4.79 Å². The molecule has 3 rings (SSSR count). The summed E-state index contributed by atoms with van der Waals surface area (Å²) in [4.78, 5) is 12.3. The summed E-state index contributed by atoms with van der Waals surface area (Å²) in [5.41, 5.74) is 2.84. The van der Waals surface area contributed by atoms with Crippen molar-refractivity contribution in [2.45, 2.75) is 20.3 Å². The van der Waals surface area contributed by atoms with Crippen molar-refractivity contribution < 1.29 is 13.6 Å². The van der Waals surface area contributed by atoms with Crippen LogP contribution in [0.25, 0.3) is 5.69 Å². The average Bonchev–Trinajstić information content (AvgIpc) is 2.87. The fourth-order valence-corrected chi connectivity index (χ4v) is 2.84. The molecule has 4 nitrogen and oxygen atoms in total. The summed E-state index contributed by atoms with van der Waals surface area (Å²) in [6, 6.07) is 10.1. The van der Waals surface area contributed by atoms with Crippen molar-refractivity contribution in [2.24, 2.45) is 0 Å². The van der Waals surface area contributed by atoms with Crippen LogP contribution in [0.4, 0.5) is 14.5 Å². The maximum absolute atomic E-state index is 13.7. The van der Waals surface area contributed by atoms with Gasteiger partial charge in [0.2, 0.25) is 5.91 Å². The second kappa shape index (κ2) is 7.25. The zero-order valence-corrected chi connectivity index (χ0v) is 14.9. The van der Waals surface area contributed by atoms with Gasteiger partial charge in [0, 0.05) is 22.3 Å². The standard InChI is InChI=1S/C19H16ClF2N3O/c1-11-16(10-19(26)23-18-9-14(21)5-8-17(18)22)12(2)25(24-11)15-6-3-13(20)4-7-15/h3-9H,10H2,1-2H3,(H,23,26). The van der Waals surface area contributed by atoms with Gasteiger partial charge in [-0.05, 0) is 50.2 Å². The number of aromatic nitrogens is 2. The molecular formula is C19H16ClF2N3O. The third-order valence-electron chi connectivity index (χ3n) is 4.05. The number of nitrogens with zero attached hydrogens (tertiary/aromatic N) is 2. The number of carbonyl (C=O) groups is 1. The minimum atomic E-state index is -0.690. The molecule has 0 atom stereocenters. The molecule has 0 aliphatic carbocycles. The molecule has 0 radical (unpaired) electrons. The Hall–Kier alpha value is -2.73. The summed E-state index contributed by atoms with van der Waals surface area (Å²) in [5.74, 6) is -1.76. The lowest BCUT2D eigenvalue weighted by molar-refractivity contribution is -0.115. The lowest BCUT2D eigenvalue weighted by Crippen LogP contribution is -2.16. The zero-order valence-electron chi connectivity index (χ0n) is 14.2. The van der Waals surface area contributed by atoms with Crippen LogP contribution in [0.2, 0.25) is 5.02 Å². The molecular weight excluding hydrogens is 360 g/mol. The van der Waals surface area contributed by atoms with Gasteiger partial charge >= 0.3 is 0 Å². The first-order valence-electron chi connectivity index (χ1n) is 7.91. The molecule has 0 bridgehead atoms. The topological polar surface area (TPSA) is 46.9 Å². The van der Waals surface area contributed by atoms with Crippen molar-refractivity contribution in [1.29, 1.82) is 0 Å². The zero-order chi connectivity index (χ0) is 18.8. The molecule has 134 valence electrons. The van der Waals surface area contributed by atoms with Crippen LogP contribution in [0.1, 0.15) is 17.0 Å². The lowest BCUT2D eigenvalue weighted by Gasteiger charge is -2.08. The number of anilines is 1. The fourth-order valence-electron chi connectivity index (χ4n) is 2.71. The van der Waals surface area contributed by atoms with Gasteiger partial charge in [-0.25, -0.2) is 13.5 Å². The largest absolute Gasteiger partial charge is 0.323 e. The molecule has 0 saturated carbocycles. The van der Waals surface area contributed by atoms with Gasteiger partial charge < -0.3 is 5.32 Å². The maximum atomic E-state index is 13.7. The number of aryl methyl sites for hydroxylation is 1. The molecule has 0 aliphatic heterocycles. The molecule has 1 aromatic heterocycles. The predicted octanol–water partition coefficient (Wildman–Crippen LogP) is 4.60. The van der Waals surface area contributed by atoms with E-state index in [1.807, 2.05) is 19.1 Å². The van der Waals surface area contributed by atoms with E-state index in [0.717, 1.165) is 35.1 Å². The van der Waals surface area contributed by atoms with Crippen molar-refractivity contribution in [2.75, 3.05) is 5.32 Å². The summed E-state index contributed by atoms with van der Waals surface area (Å²) < 4.78 is 28.6. The van der Waals surface area contributed by atoms with Gasteiger partial charge in [-0.1, -0.05) is 11.6 Å². The number of hydrogen-bond acceptors (Lipinski definition) is 2. The Morgan fingerprint density at radius 3 is 2.54 bits per heavy atom. The van der Waals surface area contributed by atoms with Crippen molar-refractivity contribution in [1.82, 2.24) is 9.78 Å². The van der Waals surface area contributed by atoms with Crippen LogP contribution in [-0.4, -0.2) is 15.7 Å². The number of nitrogens with one attached hydrogen (secondary N) is 1. The highest BCUT2D eigenvalue weighted by molar-refractivity contribution is 6.30. The van der Waals surface area contributed by atoms with E-state index in [0.29, 0.717) is 10.7 Å². The Labute approximate surface area is 154 Å². The molecule has 1 heterocycles. The monoisotopic (exact) mass is 375 g/mol. The Bertz CT molecular complexity index is 968. The number of hydrogen-bond donors (Lipinski definition) is 1. The molecule has 0 saturated heterocycles. The Kier molecular flexibility index (Phi) is 5.04. The smallest absolute Gasteiger partial charge is 0.229 e. The van der Waals surface area contributed by atoms with Crippen LogP contribution in [-0.2, 0) is 11.2 Å². The van der Waals surface area contributed by atoms with Crippen LogP contribution < -0.4 is 5.32 Å². The van der Waals surface area contributed by atoms with Crippen LogP contribution in [0.15, 0.2) is 42.5 Å². The Morgan fingerprint density at radius 2 is 1.85 bits per heavy atom. The number of amides is 1. The van der Waals surface area contributed by atoms with Crippen LogP contribution >= 0.6 is 11.6 Å². The third-order valence-corrected chi connectivity index (χ3v) is 4.30. The van der Waals surface area contributed by atoms with E-state index in [9.17, 15) is 13.6 Å². The third kappa shape index (κ3) is 3.75. The van der Waals surface area contributed by atoms with Crippen molar-refractivity contribution in [3.05, 3.63) is 76.1 Å². The highest BCUT2D eigenvalue weighted by atomic mass is 35.5. The molecule has 1 N–H and O–H groups in total. The summed E-state index contributed by atoms with van der Waals surface area (Å²) in [5, 5.41) is 7.48. The molecule has 1 amide bonds. The van der Waals surface area contributed by atoms with Crippen LogP contribution in [0.5, 0.6) is 0 Å². The molecule has 26 heavy (non-hydrogen) atoms. The van der Waals surface area contributed by atoms with Crippen LogP contribution in [0, 0.1) is 25.5 Å². The van der Waals surface area contributed by atoms with Crippen molar-refractivity contribution in [3.8, 4) is 5.69 Å². The van der Waals surface area contributed by atoms with Gasteiger partial charge in [-0.2, -0.15) is 5.10 Å². The minimum absolute atomic E-state index is 0.00120. The first-order chi connectivity index (χ1) is 12.3. The van der Waals surface area contributed by atoms with Gasteiger partial charge in [-0.15, -0.1) is 0 Å². The Balaban J connectivity index is 1.82. The van der Waals surface area contributed by atoms with Gasteiger partial charge in [0.05, 0.1) is 23.5 Å². The first-order valence-corrected chi connectivity index (χ1v) is 8.29. The van der Waals surface area contributed by atoms with Crippen molar-refractivity contribution >= 4 is 23.2 Å². The molecule has 0 spiro atoms. The normalized spacial score (nSPS) is 10.8. The summed E-state index contributed by atoms with van der Waals surface area (Å²) in [6.07, 6.45) is 0.00120. The van der Waals surface area contributed by atoms with E-state index >= 15 is 0 Å².